The van der Waals surface area contributed by atoms with Crippen molar-refractivity contribution in [3.8, 4) is 0 Å². The van der Waals surface area contributed by atoms with Crippen LogP contribution in [0.4, 0.5) is 8.78 Å². The Labute approximate surface area is 81.1 Å². The predicted molar refractivity (Wildman–Crippen MR) is 44.9 cm³/mol. The van der Waals surface area contributed by atoms with E-state index in [-0.39, 0.29) is 19.4 Å². The van der Waals surface area contributed by atoms with E-state index in [1.54, 1.807) is 6.92 Å². The predicted octanol–water partition coefficient (Wildman–Crippen LogP) is 1.35. The molecule has 0 spiro atoms. The Bertz CT molecular complexity index is 218. The third kappa shape index (κ3) is 2.64. The Morgan fingerprint density at radius 1 is 1.64 bits per heavy atom. The second kappa shape index (κ2) is 4.21. The average Bonchev–Trinajstić information content (AvgIpc) is 2.10. The highest BCUT2D eigenvalue weighted by Gasteiger charge is 2.44. The van der Waals surface area contributed by atoms with Gasteiger partial charge in [0.25, 0.3) is 0 Å². The molecule has 1 rings (SSSR count). The molecule has 14 heavy (non-hydrogen) atoms. The Balaban J connectivity index is 2.61. The molecule has 0 bridgehead atoms. The molecule has 2 unspecified atom stereocenters. The van der Waals surface area contributed by atoms with Gasteiger partial charge in [-0.1, -0.05) is 0 Å². The SMILES string of the molecule is CCOC(=O)C1CC(F)(F)CCC1O. The largest absolute Gasteiger partial charge is 0.466 e. The van der Waals surface area contributed by atoms with E-state index in [0.29, 0.717) is 0 Å². The summed E-state index contributed by atoms with van der Waals surface area (Å²) in [6.45, 7) is 1.75. The van der Waals surface area contributed by atoms with Gasteiger partial charge in [-0.2, -0.15) is 0 Å². The molecule has 1 N–H and O–H groups in total. The van der Waals surface area contributed by atoms with Gasteiger partial charge in [0.1, 0.15) is 0 Å². The number of carbonyl (C=O) groups is 1. The van der Waals surface area contributed by atoms with Crippen LogP contribution in [0.3, 0.4) is 0 Å². The first-order chi connectivity index (χ1) is 6.46. The molecule has 0 aromatic heterocycles. The van der Waals surface area contributed by atoms with E-state index in [2.05, 4.69) is 4.74 Å². The van der Waals surface area contributed by atoms with Gasteiger partial charge in [-0.15, -0.1) is 0 Å². The quantitative estimate of drug-likeness (QED) is 0.697. The first kappa shape index (κ1) is 11.4. The second-order valence-corrected chi connectivity index (χ2v) is 3.52. The highest BCUT2D eigenvalue weighted by molar-refractivity contribution is 5.73. The lowest BCUT2D eigenvalue weighted by molar-refractivity contribution is -0.164. The molecule has 0 radical (unpaired) electrons. The summed E-state index contributed by atoms with van der Waals surface area (Å²) in [6, 6.07) is 0. The number of alkyl halides is 2. The fourth-order valence-electron chi connectivity index (χ4n) is 1.61. The third-order valence-electron chi connectivity index (χ3n) is 2.38. The monoisotopic (exact) mass is 208 g/mol. The molecule has 0 aromatic rings. The minimum atomic E-state index is -2.85. The summed E-state index contributed by atoms with van der Waals surface area (Å²) < 4.78 is 30.4. The van der Waals surface area contributed by atoms with Crippen LogP contribution in [0, 0.1) is 5.92 Å². The maximum absolute atomic E-state index is 12.9. The summed E-state index contributed by atoms with van der Waals surface area (Å²) in [4.78, 5) is 11.2. The van der Waals surface area contributed by atoms with Crippen LogP contribution < -0.4 is 0 Å². The van der Waals surface area contributed by atoms with E-state index in [1.165, 1.54) is 0 Å². The summed E-state index contributed by atoms with van der Waals surface area (Å²) in [5.74, 6) is -4.64. The van der Waals surface area contributed by atoms with Gasteiger partial charge in [-0.25, -0.2) is 8.78 Å². The first-order valence-corrected chi connectivity index (χ1v) is 4.69. The van der Waals surface area contributed by atoms with Gasteiger partial charge >= 0.3 is 5.97 Å². The lowest BCUT2D eigenvalue weighted by Crippen LogP contribution is -2.40. The number of ether oxygens (including phenoxy) is 1. The molecule has 1 aliphatic rings. The van der Waals surface area contributed by atoms with E-state index in [9.17, 15) is 18.7 Å². The van der Waals surface area contributed by atoms with E-state index < -0.39 is 30.3 Å². The Hall–Kier alpha value is -0.710. The van der Waals surface area contributed by atoms with Crippen molar-refractivity contribution in [2.75, 3.05) is 6.61 Å². The van der Waals surface area contributed by atoms with Crippen LogP contribution in [0.2, 0.25) is 0 Å². The number of aliphatic hydroxyl groups is 1. The Kier molecular flexibility index (Phi) is 3.42. The molecule has 0 saturated heterocycles. The molecule has 1 fully saturated rings. The van der Waals surface area contributed by atoms with Gasteiger partial charge in [0.15, 0.2) is 0 Å². The topological polar surface area (TPSA) is 46.5 Å². The van der Waals surface area contributed by atoms with E-state index >= 15 is 0 Å². The van der Waals surface area contributed by atoms with E-state index in [4.69, 9.17) is 0 Å². The molecule has 0 aliphatic heterocycles. The number of halogens is 2. The smallest absolute Gasteiger partial charge is 0.311 e. The van der Waals surface area contributed by atoms with Crippen molar-refractivity contribution in [2.24, 2.45) is 5.92 Å². The van der Waals surface area contributed by atoms with Crippen molar-refractivity contribution >= 4 is 5.97 Å². The standard InChI is InChI=1S/C9H14F2O3/c1-2-14-8(13)6-5-9(10,11)4-3-7(6)12/h6-7,12H,2-5H2,1H3. The van der Waals surface area contributed by atoms with Crippen LogP contribution in [0.5, 0.6) is 0 Å². The fraction of sp³-hybridized carbons (Fsp3) is 0.889. The number of rotatable bonds is 2. The van der Waals surface area contributed by atoms with Crippen molar-refractivity contribution in [3.63, 3.8) is 0 Å². The first-order valence-electron chi connectivity index (χ1n) is 4.69. The molecule has 3 nitrogen and oxygen atoms in total. The van der Waals surface area contributed by atoms with Crippen LogP contribution in [0.15, 0.2) is 0 Å². The molecule has 0 heterocycles. The zero-order valence-electron chi connectivity index (χ0n) is 8.00. The molecule has 1 saturated carbocycles. The van der Waals surface area contributed by atoms with E-state index in [1.807, 2.05) is 0 Å². The van der Waals surface area contributed by atoms with Gasteiger partial charge < -0.3 is 9.84 Å². The third-order valence-corrected chi connectivity index (χ3v) is 2.38. The zero-order chi connectivity index (χ0) is 10.8. The minimum absolute atomic E-state index is 0.0452. The average molecular weight is 208 g/mol. The maximum Gasteiger partial charge on any atom is 0.311 e. The number of esters is 1. The minimum Gasteiger partial charge on any atom is -0.466 e. The van der Waals surface area contributed by atoms with Crippen molar-refractivity contribution in [1.29, 1.82) is 0 Å². The van der Waals surface area contributed by atoms with Crippen LogP contribution in [-0.2, 0) is 9.53 Å². The summed E-state index contributed by atoms with van der Waals surface area (Å²) in [7, 11) is 0. The van der Waals surface area contributed by atoms with E-state index in [0.717, 1.165) is 0 Å². The zero-order valence-corrected chi connectivity index (χ0v) is 8.00. The summed E-state index contributed by atoms with van der Waals surface area (Å²) in [5, 5.41) is 9.36. The highest BCUT2D eigenvalue weighted by Crippen LogP contribution is 2.37. The summed E-state index contributed by atoms with van der Waals surface area (Å²) in [6.07, 6.45) is -2.00. The molecular formula is C9H14F2O3. The summed E-state index contributed by atoms with van der Waals surface area (Å²) in [5.41, 5.74) is 0. The van der Waals surface area contributed by atoms with Crippen molar-refractivity contribution in [3.05, 3.63) is 0 Å². The normalized spacial score (nSPS) is 31.1. The van der Waals surface area contributed by atoms with Gasteiger partial charge in [-0.3, -0.25) is 4.79 Å². The lowest BCUT2D eigenvalue weighted by atomic mass is 9.84. The Morgan fingerprint density at radius 3 is 2.86 bits per heavy atom. The van der Waals surface area contributed by atoms with Crippen molar-refractivity contribution in [2.45, 2.75) is 38.2 Å². The molecule has 0 aromatic carbocycles. The molecule has 0 amide bonds. The van der Waals surface area contributed by atoms with Gasteiger partial charge in [0.2, 0.25) is 5.92 Å². The van der Waals surface area contributed by atoms with Gasteiger partial charge in [-0.05, 0) is 13.3 Å². The second-order valence-electron chi connectivity index (χ2n) is 3.52. The number of carbonyl (C=O) groups excluding carboxylic acids is 1. The number of aliphatic hydroxyl groups excluding tert-OH is 1. The van der Waals surface area contributed by atoms with Crippen LogP contribution in [0.1, 0.15) is 26.2 Å². The summed E-state index contributed by atoms with van der Waals surface area (Å²) >= 11 is 0. The fourth-order valence-corrected chi connectivity index (χ4v) is 1.61. The van der Waals surface area contributed by atoms with Crippen molar-refractivity contribution < 1.29 is 23.4 Å². The van der Waals surface area contributed by atoms with Crippen molar-refractivity contribution in [1.82, 2.24) is 0 Å². The van der Waals surface area contributed by atoms with Crippen LogP contribution in [-0.4, -0.2) is 29.7 Å². The molecular weight excluding hydrogens is 194 g/mol. The van der Waals surface area contributed by atoms with Crippen LogP contribution in [0.25, 0.3) is 0 Å². The van der Waals surface area contributed by atoms with Gasteiger partial charge in [0.05, 0.1) is 18.6 Å². The number of hydrogen-bond acceptors (Lipinski definition) is 3. The van der Waals surface area contributed by atoms with Gasteiger partial charge in [0, 0.05) is 12.8 Å². The number of hydrogen-bond donors (Lipinski definition) is 1. The maximum atomic E-state index is 12.9. The molecule has 2 atom stereocenters. The molecule has 1 aliphatic carbocycles. The molecule has 82 valence electrons. The van der Waals surface area contributed by atoms with Crippen LogP contribution >= 0.6 is 0 Å². The Morgan fingerprint density at radius 2 is 2.29 bits per heavy atom. The highest BCUT2D eigenvalue weighted by atomic mass is 19.3. The molecule has 5 heteroatoms. The lowest BCUT2D eigenvalue weighted by Gasteiger charge is -2.31.